The van der Waals surface area contributed by atoms with Crippen molar-refractivity contribution < 1.29 is 9.53 Å². The van der Waals surface area contributed by atoms with Gasteiger partial charge in [-0.1, -0.05) is 27.5 Å². The summed E-state index contributed by atoms with van der Waals surface area (Å²) < 4.78 is 6.24. The van der Waals surface area contributed by atoms with E-state index in [1.54, 1.807) is 18.2 Å². The number of rotatable bonds is 3. The van der Waals surface area contributed by atoms with Crippen molar-refractivity contribution in [1.82, 2.24) is 16.2 Å². The molecule has 1 aliphatic heterocycles. The van der Waals surface area contributed by atoms with Crippen molar-refractivity contribution in [3.8, 4) is 0 Å². The summed E-state index contributed by atoms with van der Waals surface area (Å²) in [5.41, 5.74) is 5.51. The fourth-order valence-corrected chi connectivity index (χ4v) is 2.61. The van der Waals surface area contributed by atoms with E-state index in [-0.39, 0.29) is 12.0 Å². The average Bonchev–Trinajstić information content (AvgIpc) is 2.98. The minimum Gasteiger partial charge on any atom is -0.376 e. The predicted molar refractivity (Wildman–Crippen MR) is 89.3 cm³/mol. The van der Waals surface area contributed by atoms with E-state index < -0.39 is 0 Å². The van der Waals surface area contributed by atoms with Crippen molar-refractivity contribution in [2.45, 2.75) is 18.9 Å². The van der Waals surface area contributed by atoms with Crippen LogP contribution in [0, 0.1) is 0 Å². The van der Waals surface area contributed by atoms with Crippen LogP contribution in [0.25, 0.3) is 0 Å². The highest BCUT2D eigenvalue weighted by atomic mass is 79.9. The molecule has 1 aromatic rings. The van der Waals surface area contributed by atoms with Crippen molar-refractivity contribution in [3.63, 3.8) is 0 Å². The molecule has 0 unspecified atom stereocenters. The third-order valence-corrected chi connectivity index (χ3v) is 4.05. The number of carbonyl (C=O) groups excluding carboxylic acids is 1. The second-order valence-electron chi connectivity index (χ2n) is 4.55. The number of ether oxygens (including phenoxy) is 1. The van der Waals surface area contributed by atoms with Crippen molar-refractivity contribution >= 4 is 50.8 Å². The maximum atomic E-state index is 12.0. The number of thiocarbonyl (C=S) groups is 1. The Bertz CT molecular complexity index is 538. The number of carbonyl (C=O) groups is 1. The Balaban J connectivity index is 1.77. The van der Waals surface area contributed by atoms with Crippen LogP contribution in [0.3, 0.4) is 0 Å². The van der Waals surface area contributed by atoms with Gasteiger partial charge in [-0.05, 0) is 43.3 Å². The lowest BCUT2D eigenvalue weighted by molar-refractivity contribution is 0.0943. The maximum absolute atomic E-state index is 12.0. The number of benzene rings is 1. The van der Waals surface area contributed by atoms with Gasteiger partial charge in [0.2, 0.25) is 0 Å². The van der Waals surface area contributed by atoms with E-state index in [9.17, 15) is 4.79 Å². The van der Waals surface area contributed by atoms with Crippen LogP contribution < -0.4 is 16.2 Å². The molecule has 1 amide bonds. The SMILES string of the molecule is O=C(NNC(=S)NC[C@H]1CCCO1)c1cc(Br)ccc1Cl. The minimum atomic E-state index is -0.359. The lowest BCUT2D eigenvalue weighted by Crippen LogP contribution is -2.48. The van der Waals surface area contributed by atoms with Gasteiger partial charge in [0, 0.05) is 17.6 Å². The minimum absolute atomic E-state index is 0.181. The van der Waals surface area contributed by atoms with Gasteiger partial charge in [-0.25, -0.2) is 0 Å². The molecule has 0 spiro atoms. The number of hydrogen-bond donors (Lipinski definition) is 3. The molecule has 0 bridgehead atoms. The third-order valence-electron chi connectivity index (χ3n) is 2.98. The highest BCUT2D eigenvalue weighted by Gasteiger charge is 2.15. The first-order chi connectivity index (χ1) is 10.1. The van der Waals surface area contributed by atoms with Crippen molar-refractivity contribution in [1.29, 1.82) is 0 Å². The zero-order valence-electron chi connectivity index (χ0n) is 11.1. The summed E-state index contributed by atoms with van der Waals surface area (Å²) >= 11 is 14.4. The number of hydrogen-bond acceptors (Lipinski definition) is 3. The number of amides is 1. The summed E-state index contributed by atoms with van der Waals surface area (Å²) in [5, 5.41) is 3.70. The second kappa shape index (κ2) is 7.93. The highest BCUT2D eigenvalue weighted by Crippen LogP contribution is 2.20. The Kier molecular flexibility index (Phi) is 6.22. The van der Waals surface area contributed by atoms with E-state index in [1.165, 1.54) is 0 Å². The quantitative estimate of drug-likeness (QED) is 0.545. The smallest absolute Gasteiger partial charge is 0.271 e. The summed E-state index contributed by atoms with van der Waals surface area (Å²) in [6.45, 7) is 1.42. The average molecular weight is 393 g/mol. The first-order valence-electron chi connectivity index (χ1n) is 6.47. The van der Waals surface area contributed by atoms with Gasteiger partial charge in [0.05, 0.1) is 16.7 Å². The summed E-state index contributed by atoms with van der Waals surface area (Å²) in [6, 6.07) is 5.05. The normalized spacial score (nSPS) is 17.3. The maximum Gasteiger partial charge on any atom is 0.271 e. The van der Waals surface area contributed by atoms with Crippen LogP contribution in [-0.4, -0.2) is 30.3 Å². The van der Waals surface area contributed by atoms with Crippen LogP contribution in [0.1, 0.15) is 23.2 Å². The highest BCUT2D eigenvalue weighted by molar-refractivity contribution is 9.10. The van der Waals surface area contributed by atoms with Gasteiger partial charge in [0.15, 0.2) is 5.11 Å². The van der Waals surface area contributed by atoms with Crippen LogP contribution in [0.2, 0.25) is 5.02 Å². The van der Waals surface area contributed by atoms with Gasteiger partial charge in [-0.3, -0.25) is 15.6 Å². The lowest BCUT2D eigenvalue weighted by Gasteiger charge is -2.14. The van der Waals surface area contributed by atoms with Crippen LogP contribution in [0.5, 0.6) is 0 Å². The van der Waals surface area contributed by atoms with Crippen LogP contribution in [0.15, 0.2) is 22.7 Å². The molecule has 3 N–H and O–H groups in total. The van der Waals surface area contributed by atoms with Crippen LogP contribution in [0.4, 0.5) is 0 Å². The van der Waals surface area contributed by atoms with E-state index in [2.05, 4.69) is 32.1 Å². The Morgan fingerprint density at radius 2 is 2.29 bits per heavy atom. The molecule has 0 aliphatic carbocycles. The van der Waals surface area contributed by atoms with E-state index in [0.717, 1.165) is 23.9 Å². The molecule has 114 valence electrons. The zero-order valence-corrected chi connectivity index (χ0v) is 14.3. The molecule has 1 atom stereocenters. The van der Waals surface area contributed by atoms with Gasteiger partial charge in [-0.15, -0.1) is 0 Å². The molecule has 2 rings (SSSR count). The van der Waals surface area contributed by atoms with Crippen molar-refractivity contribution in [3.05, 3.63) is 33.3 Å². The fraction of sp³-hybridized carbons (Fsp3) is 0.385. The third kappa shape index (κ3) is 5.10. The molecular formula is C13H15BrClN3O2S. The molecule has 1 saturated heterocycles. The number of nitrogens with one attached hydrogen (secondary N) is 3. The summed E-state index contributed by atoms with van der Waals surface area (Å²) in [4.78, 5) is 12.0. The molecule has 5 nitrogen and oxygen atoms in total. The largest absolute Gasteiger partial charge is 0.376 e. The Morgan fingerprint density at radius 1 is 1.48 bits per heavy atom. The van der Waals surface area contributed by atoms with Gasteiger partial charge in [0.1, 0.15) is 0 Å². The van der Waals surface area contributed by atoms with Gasteiger partial charge in [0.25, 0.3) is 5.91 Å². The summed E-state index contributed by atoms with van der Waals surface area (Å²) in [7, 11) is 0. The lowest BCUT2D eigenvalue weighted by atomic mass is 10.2. The first kappa shape index (κ1) is 16.5. The molecule has 21 heavy (non-hydrogen) atoms. The number of halogens is 2. The molecule has 0 saturated carbocycles. The molecule has 1 aliphatic rings. The molecule has 8 heteroatoms. The Hall–Kier alpha value is -0.890. The molecule has 1 heterocycles. The van der Waals surface area contributed by atoms with Crippen LogP contribution >= 0.6 is 39.7 Å². The van der Waals surface area contributed by atoms with Crippen LogP contribution in [-0.2, 0) is 4.74 Å². The van der Waals surface area contributed by atoms with Crippen molar-refractivity contribution in [2.24, 2.45) is 0 Å². The Morgan fingerprint density at radius 3 is 3.00 bits per heavy atom. The monoisotopic (exact) mass is 391 g/mol. The molecule has 0 radical (unpaired) electrons. The second-order valence-corrected chi connectivity index (χ2v) is 6.28. The van der Waals surface area contributed by atoms with Gasteiger partial charge in [-0.2, -0.15) is 0 Å². The molecular weight excluding hydrogens is 378 g/mol. The summed E-state index contributed by atoms with van der Waals surface area (Å²) in [5.74, 6) is -0.359. The summed E-state index contributed by atoms with van der Waals surface area (Å²) in [6.07, 6.45) is 2.28. The van der Waals surface area contributed by atoms with Gasteiger partial charge >= 0.3 is 0 Å². The fourth-order valence-electron chi connectivity index (χ4n) is 1.91. The molecule has 0 aromatic heterocycles. The standard InChI is InChI=1S/C13H15BrClN3O2S/c14-8-3-4-11(15)10(6-8)12(19)17-18-13(21)16-7-9-2-1-5-20-9/h3-4,6,9H,1-2,5,7H2,(H,17,19)(H2,16,18,21)/t9-/m1/s1. The van der Waals surface area contributed by atoms with E-state index >= 15 is 0 Å². The zero-order chi connectivity index (χ0) is 15.2. The number of hydrazine groups is 1. The molecule has 1 fully saturated rings. The van der Waals surface area contributed by atoms with Crippen molar-refractivity contribution in [2.75, 3.05) is 13.2 Å². The van der Waals surface area contributed by atoms with E-state index in [4.69, 9.17) is 28.6 Å². The Labute approximate surface area is 141 Å². The first-order valence-corrected chi connectivity index (χ1v) is 8.05. The van der Waals surface area contributed by atoms with Gasteiger partial charge < -0.3 is 10.1 Å². The predicted octanol–water partition coefficient (Wildman–Crippen LogP) is 2.39. The molecule has 1 aromatic carbocycles. The van der Waals surface area contributed by atoms with E-state index in [0.29, 0.717) is 22.2 Å². The topological polar surface area (TPSA) is 62.4 Å². The van der Waals surface area contributed by atoms with E-state index in [1.807, 2.05) is 0 Å².